The lowest BCUT2D eigenvalue weighted by Crippen LogP contribution is -2.35. The van der Waals surface area contributed by atoms with E-state index in [1.807, 2.05) is 13.8 Å². The monoisotopic (exact) mass is 202 g/mol. The van der Waals surface area contributed by atoms with Crippen LogP contribution in [0.15, 0.2) is 0 Å². The summed E-state index contributed by atoms with van der Waals surface area (Å²) < 4.78 is 22.1. The summed E-state index contributed by atoms with van der Waals surface area (Å²) in [4.78, 5) is 0. The minimum atomic E-state index is -0.614. The molecule has 0 spiro atoms. The van der Waals surface area contributed by atoms with Gasteiger partial charge in [-0.05, 0) is 13.8 Å². The standard InChI is InChI=1S/C9H14O5/c1-9(2)13-7-6-5(4(10)3-11-6)12-8(7)14-9/h4-8,10H,3H2,1-2H3. The number of aliphatic hydroxyl groups is 1. The first-order valence-corrected chi connectivity index (χ1v) is 4.88. The molecule has 0 aromatic carbocycles. The zero-order valence-electron chi connectivity index (χ0n) is 8.17. The maximum atomic E-state index is 9.52. The van der Waals surface area contributed by atoms with Crippen molar-refractivity contribution in [1.29, 1.82) is 0 Å². The molecule has 0 aromatic heterocycles. The van der Waals surface area contributed by atoms with Crippen LogP contribution >= 0.6 is 0 Å². The Morgan fingerprint density at radius 3 is 2.71 bits per heavy atom. The summed E-state index contributed by atoms with van der Waals surface area (Å²) in [5.41, 5.74) is 0. The highest BCUT2D eigenvalue weighted by Crippen LogP contribution is 2.41. The van der Waals surface area contributed by atoms with Gasteiger partial charge in [-0.25, -0.2) is 0 Å². The average Bonchev–Trinajstić information content (AvgIpc) is 2.63. The summed E-state index contributed by atoms with van der Waals surface area (Å²) in [6.07, 6.45) is -1.62. The van der Waals surface area contributed by atoms with Gasteiger partial charge in [0.1, 0.15) is 24.4 Å². The predicted molar refractivity (Wildman–Crippen MR) is 44.4 cm³/mol. The zero-order valence-corrected chi connectivity index (χ0v) is 8.17. The number of hydrogen-bond acceptors (Lipinski definition) is 5. The Labute approximate surface area is 81.9 Å². The van der Waals surface area contributed by atoms with Gasteiger partial charge in [-0.1, -0.05) is 0 Å². The number of aliphatic hydroxyl groups excluding tert-OH is 1. The lowest BCUT2D eigenvalue weighted by Gasteiger charge is -2.21. The summed E-state index contributed by atoms with van der Waals surface area (Å²) in [7, 11) is 0. The predicted octanol–water partition coefficient (Wildman–Crippen LogP) is -0.378. The maximum absolute atomic E-state index is 9.52. The molecule has 3 aliphatic rings. The SMILES string of the molecule is CC1(C)OC2OC3C(O)COC3C2O1. The number of hydrogen-bond donors (Lipinski definition) is 1. The fourth-order valence-corrected chi connectivity index (χ4v) is 2.31. The Balaban J connectivity index is 1.80. The molecule has 0 amide bonds. The van der Waals surface area contributed by atoms with Gasteiger partial charge < -0.3 is 24.1 Å². The van der Waals surface area contributed by atoms with E-state index in [2.05, 4.69) is 0 Å². The van der Waals surface area contributed by atoms with Gasteiger partial charge in [0, 0.05) is 0 Å². The first-order chi connectivity index (χ1) is 6.57. The molecule has 5 atom stereocenters. The van der Waals surface area contributed by atoms with Crippen molar-refractivity contribution in [1.82, 2.24) is 0 Å². The molecule has 1 N–H and O–H groups in total. The first-order valence-electron chi connectivity index (χ1n) is 4.88. The second kappa shape index (κ2) is 2.68. The molecule has 5 unspecified atom stereocenters. The summed E-state index contributed by atoms with van der Waals surface area (Å²) in [5, 5.41) is 9.52. The average molecular weight is 202 g/mol. The molecular formula is C9H14O5. The van der Waals surface area contributed by atoms with Gasteiger partial charge in [0.25, 0.3) is 0 Å². The van der Waals surface area contributed by atoms with Gasteiger partial charge in [0.15, 0.2) is 12.1 Å². The molecule has 5 nitrogen and oxygen atoms in total. The van der Waals surface area contributed by atoms with Gasteiger partial charge in [-0.3, -0.25) is 0 Å². The normalized spacial score (nSPS) is 54.6. The number of fused-ring (bicyclic) bond motifs is 3. The van der Waals surface area contributed by atoms with E-state index in [4.69, 9.17) is 18.9 Å². The van der Waals surface area contributed by atoms with E-state index in [1.54, 1.807) is 0 Å². The van der Waals surface area contributed by atoms with Crippen LogP contribution in [-0.2, 0) is 18.9 Å². The van der Waals surface area contributed by atoms with E-state index in [0.29, 0.717) is 6.61 Å². The Kier molecular flexibility index (Phi) is 1.73. The largest absolute Gasteiger partial charge is 0.388 e. The van der Waals surface area contributed by atoms with E-state index in [0.717, 1.165) is 0 Å². The van der Waals surface area contributed by atoms with Crippen molar-refractivity contribution in [3.63, 3.8) is 0 Å². The second-order valence-electron chi connectivity index (χ2n) is 4.43. The Hall–Kier alpha value is -0.200. The quantitative estimate of drug-likeness (QED) is 0.580. The van der Waals surface area contributed by atoms with Gasteiger partial charge >= 0.3 is 0 Å². The summed E-state index contributed by atoms with van der Waals surface area (Å²) in [5.74, 6) is -0.614. The molecule has 3 rings (SSSR count). The van der Waals surface area contributed by atoms with Crippen LogP contribution < -0.4 is 0 Å². The molecule has 3 aliphatic heterocycles. The van der Waals surface area contributed by atoms with Gasteiger partial charge in [0.2, 0.25) is 0 Å². The van der Waals surface area contributed by atoms with Crippen molar-refractivity contribution in [3.05, 3.63) is 0 Å². The third-order valence-electron chi connectivity index (χ3n) is 2.87. The highest BCUT2D eigenvalue weighted by atomic mass is 16.8. The fraction of sp³-hybridized carbons (Fsp3) is 1.00. The molecule has 0 bridgehead atoms. The van der Waals surface area contributed by atoms with Crippen LogP contribution in [0.2, 0.25) is 0 Å². The lowest BCUT2D eigenvalue weighted by atomic mass is 10.1. The minimum absolute atomic E-state index is 0.184. The molecule has 3 heterocycles. The van der Waals surface area contributed by atoms with E-state index in [1.165, 1.54) is 0 Å². The molecule has 14 heavy (non-hydrogen) atoms. The summed E-state index contributed by atoms with van der Waals surface area (Å²) in [6, 6.07) is 0. The van der Waals surface area contributed by atoms with Crippen molar-refractivity contribution in [2.24, 2.45) is 0 Å². The number of ether oxygens (including phenoxy) is 4. The highest BCUT2D eigenvalue weighted by molar-refractivity contribution is 5.00. The Morgan fingerprint density at radius 2 is 1.93 bits per heavy atom. The highest BCUT2D eigenvalue weighted by Gasteiger charge is 2.59. The minimum Gasteiger partial charge on any atom is -0.388 e. The molecule has 5 heteroatoms. The molecule has 0 aliphatic carbocycles. The lowest BCUT2D eigenvalue weighted by molar-refractivity contribution is -0.214. The van der Waals surface area contributed by atoms with E-state index in [9.17, 15) is 5.11 Å². The van der Waals surface area contributed by atoms with Crippen molar-refractivity contribution < 1.29 is 24.1 Å². The van der Waals surface area contributed by atoms with Crippen LogP contribution in [0, 0.1) is 0 Å². The first kappa shape index (κ1) is 9.06. The zero-order chi connectivity index (χ0) is 9.92. The number of rotatable bonds is 0. The molecule has 0 saturated carbocycles. The summed E-state index contributed by atoms with van der Waals surface area (Å²) >= 11 is 0. The summed E-state index contributed by atoms with van der Waals surface area (Å²) in [6.45, 7) is 4.01. The van der Waals surface area contributed by atoms with E-state index >= 15 is 0 Å². The fourth-order valence-electron chi connectivity index (χ4n) is 2.31. The van der Waals surface area contributed by atoms with Gasteiger partial charge in [-0.15, -0.1) is 0 Å². The van der Waals surface area contributed by atoms with Crippen molar-refractivity contribution in [2.75, 3.05) is 6.61 Å². The second-order valence-corrected chi connectivity index (χ2v) is 4.43. The molecule has 80 valence electrons. The third-order valence-corrected chi connectivity index (χ3v) is 2.87. The smallest absolute Gasteiger partial charge is 0.190 e. The van der Waals surface area contributed by atoms with Crippen LogP contribution in [0.1, 0.15) is 13.8 Å². The van der Waals surface area contributed by atoms with Crippen LogP contribution in [0.4, 0.5) is 0 Å². The molecule has 0 radical (unpaired) electrons. The molecule has 0 aromatic rings. The van der Waals surface area contributed by atoms with Crippen molar-refractivity contribution in [3.8, 4) is 0 Å². The van der Waals surface area contributed by atoms with Gasteiger partial charge in [-0.2, -0.15) is 0 Å². The maximum Gasteiger partial charge on any atom is 0.190 e. The van der Waals surface area contributed by atoms with Crippen LogP contribution in [-0.4, -0.2) is 48.2 Å². The van der Waals surface area contributed by atoms with Crippen molar-refractivity contribution in [2.45, 2.75) is 50.3 Å². The van der Waals surface area contributed by atoms with E-state index < -0.39 is 18.2 Å². The molecule has 3 fully saturated rings. The van der Waals surface area contributed by atoms with Crippen molar-refractivity contribution >= 4 is 0 Å². The molecule has 3 saturated heterocycles. The van der Waals surface area contributed by atoms with Crippen LogP contribution in [0.3, 0.4) is 0 Å². The van der Waals surface area contributed by atoms with Gasteiger partial charge in [0.05, 0.1) is 6.61 Å². The Morgan fingerprint density at radius 1 is 1.14 bits per heavy atom. The molecular weight excluding hydrogens is 188 g/mol. The third kappa shape index (κ3) is 1.14. The topological polar surface area (TPSA) is 57.2 Å². The van der Waals surface area contributed by atoms with E-state index in [-0.39, 0.29) is 18.3 Å². The Bertz CT molecular complexity index is 254. The van der Waals surface area contributed by atoms with Crippen LogP contribution in [0.5, 0.6) is 0 Å². The van der Waals surface area contributed by atoms with Crippen LogP contribution in [0.25, 0.3) is 0 Å².